The fourth-order valence-electron chi connectivity index (χ4n) is 1.42. The molecule has 0 fully saturated rings. The molecule has 0 aliphatic rings. The zero-order valence-electron chi connectivity index (χ0n) is 10.6. The summed E-state index contributed by atoms with van der Waals surface area (Å²) in [6, 6.07) is 2.66. The summed E-state index contributed by atoms with van der Waals surface area (Å²) in [6.45, 7) is 0. The molecule has 0 unspecified atom stereocenters. The van der Waals surface area contributed by atoms with Gasteiger partial charge in [-0.1, -0.05) is 6.07 Å². The number of carbonyl (C=O) groups is 3. The Morgan fingerprint density at radius 3 is 2.57 bits per heavy atom. The number of primary amides is 1. The van der Waals surface area contributed by atoms with E-state index in [4.69, 9.17) is 10.8 Å². The molecule has 0 heterocycles. The molecule has 0 aromatic heterocycles. The van der Waals surface area contributed by atoms with Crippen molar-refractivity contribution in [1.29, 1.82) is 0 Å². The second-order valence-electron chi connectivity index (χ2n) is 3.97. The van der Waals surface area contributed by atoms with Crippen molar-refractivity contribution < 1.29 is 24.4 Å². The van der Waals surface area contributed by atoms with Gasteiger partial charge in [-0.05, 0) is 6.07 Å². The Kier molecular flexibility index (Phi) is 5.17. The summed E-state index contributed by atoms with van der Waals surface area (Å²) >= 11 is 0. The maximum Gasteiger partial charge on any atom is 0.326 e. The van der Waals surface area contributed by atoms with E-state index in [2.05, 4.69) is 5.32 Å². The summed E-state index contributed by atoms with van der Waals surface area (Å²) in [5.41, 5.74) is 4.73. The molecule has 0 bridgehead atoms. The molecule has 0 saturated carbocycles. The van der Waals surface area contributed by atoms with E-state index in [1.807, 2.05) is 5.32 Å². The van der Waals surface area contributed by atoms with Gasteiger partial charge in [0.2, 0.25) is 5.91 Å². The number of anilines is 1. The third kappa shape index (κ3) is 5.14. The Morgan fingerprint density at radius 1 is 1.38 bits per heavy atom. The molecular formula is C11H12N4O6. The number of nitrogens with two attached hydrogens (primary N) is 1. The van der Waals surface area contributed by atoms with Gasteiger partial charge in [0.15, 0.2) is 0 Å². The average molecular weight is 296 g/mol. The van der Waals surface area contributed by atoms with Gasteiger partial charge in [0.1, 0.15) is 6.04 Å². The summed E-state index contributed by atoms with van der Waals surface area (Å²) in [7, 11) is 0. The Morgan fingerprint density at radius 2 is 2.05 bits per heavy atom. The number of nitrogens with one attached hydrogen (secondary N) is 2. The number of aliphatic carboxylic acids is 1. The van der Waals surface area contributed by atoms with E-state index in [0.717, 1.165) is 6.07 Å². The van der Waals surface area contributed by atoms with Crippen molar-refractivity contribution in [2.45, 2.75) is 12.5 Å². The molecule has 112 valence electrons. The van der Waals surface area contributed by atoms with Gasteiger partial charge in [-0.25, -0.2) is 9.59 Å². The van der Waals surface area contributed by atoms with Gasteiger partial charge in [0.25, 0.3) is 5.69 Å². The van der Waals surface area contributed by atoms with E-state index >= 15 is 0 Å². The largest absolute Gasteiger partial charge is 0.480 e. The number of hydrogen-bond donors (Lipinski definition) is 4. The topological polar surface area (TPSA) is 165 Å². The van der Waals surface area contributed by atoms with Crippen LogP contribution in [-0.2, 0) is 9.59 Å². The number of nitrogens with zero attached hydrogens (tertiary/aromatic N) is 1. The Balaban J connectivity index is 2.72. The van der Waals surface area contributed by atoms with Crippen LogP contribution in [0.1, 0.15) is 6.42 Å². The first-order valence-corrected chi connectivity index (χ1v) is 5.62. The third-order valence-corrected chi connectivity index (χ3v) is 2.32. The lowest BCUT2D eigenvalue weighted by molar-refractivity contribution is -0.384. The highest BCUT2D eigenvalue weighted by Gasteiger charge is 2.22. The van der Waals surface area contributed by atoms with Crippen LogP contribution < -0.4 is 16.4 Å². The molecule has 21 heavy (non-hydrogen) atoms. The highest BCUT2D eigenvalue weighted by Crippen LogP contribution is 2.16. The Bertz CT molecular complexity index is 588. The molecule has 0 radical (unpaired) electrons. The van der Waals surface area contributed by atoms with E-state index in [1.165, 1.54) is 18.2 Å². The molecule has 10 heteroatoms. The number of benzene rings is 1. The van der Waals surface area contributed by atoms with Crippen LogP contribution in [0.4, 0.5) is 16.2 Å². The van der Waals surface area contributed by atoms with Crippen molar-refractivity contribution in [1.82, 2.24) is 5.32 Å². The molecule has 5 N–H and O–H groups in total. The second-order valence-corrected chi connectivity index (χ2v) is 3.97. The van der Waals surface area contributed by atoms with Crippen molar-refractivity contribution in [3.05, 3.63) is 34.4 Å². The second kappa shape index (κ2) is 6.84. The first-order chi connectivity index (χ1) is 9.79. The third-order valence-electron chi connectivity index (χ3n) is 2.32. The van der Waals surface area contributed by atoms with E-state index in [9.17, 15) is 24.5 Å². The molecule has 1 atom stereocenters. The zero-order valence-corrected chi connectivity index (χ0v) is 10.6. The number of carbonyl (C=O) groups excluding carboxylic acids is 2. The lowest BCUT2D eigenvalue weighted by Gasteiger charge is -2.13. The number of hydrogen-bond acceptors (Lipinski definition) is 5. The molecular weight excluding hydrogens is 284 g/mol. The monoisotopic (exact) mass is 296 g/mol. The molecule has 1 aromatic carbocycles. The lowest BCUT2D eigenvalue weighted by atomic mass is 10.2. The number of amides is 3. The van der Waals surface area contributed by atoms with Gasteiger partial charge in [0, 0.05) is 17.8 Å². The number of rotatable bonds is 6. The molecule has 0 aliphatic carbocycles. The van der Waals surface area contributed by atoms with Crippen LogP contribution in [0, 0.1) is 10.1 Å². The van der Waals surface area contributed by atoms with Gasteiger partial charge in [-0.2, -0.15) is 0 Å². The summed E-state index contributed by atoms with van der Waals surface area (Å²) in [5, 5.41) is 23.6. The summed E-state index contributed by atoms with van der Waals surface area (Å²) in [4.78, 5) is 43.0. The fraction of sp³-hybridized carbons (Fsp3) is 0.182. The van der Waals surface area contributed by atoms with Crippen LogP contribution in [0.3, 0.4) is 0 Å². The molecule has 1 aromatic rings. The Hall–Kier alpha value is -3.17. The SMILES string of the molecule is NC(=O)C[C@@H](NC(=O)Nc1cccc([N+](=O)[O-])c1)C(=O)O. The maximum atomic E-state index is 11.6. The summed E-state index contributed by atoms with van der Waals surface area (Å²) in [6.07, 6.45) is -0.572. The van der Waals surface area contributed by atoms with Crippen molar-refractivity contribution in [2.24, 2.45) is 5.73 Å². The lowest BCUT2D eigenvalue weighted by Crippen LogP contribution is -2.45. The zero-order chi connectivity index (χ0) is 16.0. The van der Waals surface area contributed by atoms with Crippen molar-refractivity contribution >= 4 is 29.3 Å². The molecule has 0 aliphatic heterocycles. The van der Waals surface area contributed by atoms with Gasteiger partial charge >= 0.3 is 12.0 Å². The van der Waals surface area contributed by atoms with Crippen LogP contribution in [-0.4, -0.2) is 34.0 Å². The van der Waals surface area contributed by atoms with Crippen LogP contribution in [0.25, 0.3) is 0 Å². The normalized spacial score (nSPS) is 11.2. The number of nitro benzene ring substituents is 1. The van der Waals surface area contributed by atoms with Gasteiger partial charge < -0.3 is 21.5 Å². The first-order valence-electron chi connectivity index (χ1n) is 5.62. The minimum absolute atomic E-state index is 0.102. The summed E-state index contributed by atoms with van der Waals surface area (Å²) < 4.78 is 0. The predicted octanol–water partition coefficient (Wildman–Crippen LogP) is 0.0449. The van der Waals surface area contributed by atoms with Crippen molar-refractivity contribution in [3.63, 3.8) is 0 Å². The average Bonchev–Trinajstić information content (AvgIpc) is 2.37. The van der Waals surface area contributed by atoms with Crippen LogP contribution in [0.5, 0.6) is 0 Å². The smallest absolute Gasteiger partial charge is 0.326 e. The van der Waals surface area contributed by atoms with Crippen LogP contribution in [0.15, 0.2) is 24.3 Å². The summed E-state index contributed by atoms with van der Waals surface area (Å²) in [5.74, 6) is -2.32. The number of carboxylic acids is 1. The maximum absolute atomic E-state index is 11.6. The highest BCUT2D eigenvalue weighted by atomic mass is 16.6. The number of non-ortho nitro benzene ring substituents is 1. The van der Waals surface area contributed by atoms with Crippen molar-refractivity contribution in [2.75, 3.05) is 5.32 Å². The van der Waals surface area contributed by atoms with E-state index < -0.39 is 35.3 Å². The molecule has 10 nitrogen and oxygen atoms in total. The molecule has 0 saturated heterocycles. The Labute approximate surface area is 118 Å². The predicted molar refractivity (Wildman–Crippen MR) is 70.5 cm³/mol. The first kappa shape index (κ1) is 15.9. The van der Waals surface area contributed by atoms with Crippen LogP contribution >= 0.6 is 0 Å². The molecule has 3 amide bonds. The van der Waals surface area contributed by atoms with E-state index in [1.54, 1.807) is 0 Å². The van der Waals surface area contributed by atoms with E-state index in [-0.39, 0.29) is 11.4 Å². The fourth-order valence-corrected chi connectivity index (χ4v) is 1.42. The van der Waals surface area contributed by atoms with Gasteiger partial charge in [-0.3, -0.25) is 14.9 Å². The van der Waals surface area contributed by atoms with Crippen LogP contribution in [0.2, 0.25) is 0 Å². The molecule has 0 spiro atoms. The van der Waals surface area contributed by atoms with Crippen molar-refractivity contribution in [3.8, 4) is 0 Å². The highest BCUT2D eigenvalue weighted by molar-refractivity contribution is 5.94. The van der Waals surface area contributed by atoms with Gasteiger partial charge in [-0.15, -0.1) is 0 Å². The molecule has 1 rings (SSSR count). The number of nitro groups is 1. The quantitative estimate of drug-likeness (QED) is 0.427. The number of urea groups is 1. The number of carboxylic acid groups (broad SMARTS) is 1. The minimum atomic E-state index is -1.49. The van der Waals surface area contributed by atoms with E-state index in [0.29, 0.717) is 0 Å². The minimum Gasteiger partial charge on any atom is -0.480 e. The van der Waals surface area contributed by atoms with Gasteiger partial charge in [0.05, 0.1) is 11.3 Å². The standard InChI is InChI=1S/C11H12N4O6/c12-9(16)5-8(10(17)18)14-11(19)13-6-2-1-3-7(4-6)15(20)21/h1-4,8H,5H2,(H2,12,16)(H,17,18)(H2,13,14,19)/t8-/m1/s1.